The first-order valence-corrected chi connectivity index (χ1v) is 6.55. The van der Waals surface area contributed by atoms with Gasteiger partial charge in [0.15, 0.2) is 0 Å². The van der Waals surface area contributed by atoms with Gasteiger partial charge in [-0.15, -0.1) is 0 Å². The fraction of sp³-hybridized carbons (Fsp3) is 0.333. The standard InChI is InChI=1S/C15H19N3O2/c1-11-7-12(2)18(17-11)9-15(20)16-8-13-3-5-14(10-19)6-4-13/h3-7,19H,8-10H2,1-2H3,(H,16,20). The average Bonchev–Trinajstić information content (AvgIpc) is 2.75. The summed E-state index contributed by atoms with van der Waals surface area (Å²) >= 11 is 0. The number of carbonyl (C=O) groups excluding carboxylic acids is 1. The first-order chi connectivity index (χ1) is 9.58. The molecule has 0 aliphatic heterocycles. The van der Waals surface area contributed by atoms with E-state index in [9.17, 15) is 4.79 Å². The zero-order valence-electron chi connectivity index (χ0n) is 11.8. The lowest BCUT2D eigenvalue weighted by atomic mass is 10.1. The molecule has 1 aromatic carbocycles. The molecule has 0 saturated heterocycles. The third-order valence-electron chi connectivity index (χ3n) is 3.09. The van der Waals surface area contributed by atoms with Gasteiger partial charge in [0.2, 0.25) is 5.91 Å². The molecule has 0 aliphatic rings. The first-order valence-electron chi connectivity index (χ1n) is 6.55. The van der Waals surface area contributed by atoms with Crippen LogP contribution in [0.1, 0.15) is 22.5 Å². The zero-order valence-corrected chi connectivity index (χ0v) is 11.8. The molecule has 20 heavy (non-hydrogen) atoms. The number of aryl methyl sites for hydroxylation is 2. The molecule has 5 heteroatoms. The highest BCUT2D eigenvalue weighted by molar-refractivity contribution is 5.75. The van der Waals surface area contributed by atoms with E-state index in [1.807, 2.05) is 44.2 Å². The van der Waals surface area contributed by atoms with Crippen LogP contribution in [-0.4, -0.2) is 20.8 Å². The Kier molecular flexibility index (Phi) is 4.53. The molecule has 0 fully saturated rings. The Balaban J connectivity index is 1.87. The number of nitrogens with one attached hydrogen (secondary N) is 1. The highest BCUT2D eigenvalue weighted by Crippen LogP contribution is 2.04. The van der Waals surface area contributed by atoms with E-state index in [1.54, 1.807) is 4.68 Å². The van der Waals surface area contributed by atoms with Crippen molar-refractivity contribution < 1.29 is 9.90 Å². The topological polar surface area (TPSA) is 67.2 Å². The summed E-state index contributed by atoms with van der Waals surface area (Å²) in [6.07, 6.45) is 0. The molecular formula is C15H19N3O2. The zero-order chi connectivity index (χ0) is 14.5. The van der Waals surface area contributed by atoms with Crippen LogP contribution in [0.5, 0.6) is 0 Å². The highest BCUT2D eigenvalue weighted by Gasteiger charge is 2.06. The van der Waals surface area contributed by atoms with Crippen LogP contribution in [0.25, 0.3) is 0 Å². The lowest BCUT2D eigenvalue weighted by Gasteiger charge is -2.07. The molecule has 106 valence electrons. The van der Waals surface area contributed by atoms with Crippen LogP contribution in [0, 0.1) is 13.8 Å². The SMILES string of the molecule is Cc1cc(C)n(CC(=O)NCc2ccc(CO)cc2)n1. The van der Waals surface area contributed by atoms with Crippen LogP contribution in [0.3, 0.4) is 0 Å². The number of hydrogen-bond acceptors (Lipinski definition) is 3. The number of rotatable bonds is 5. The Hall–Kier alpha value is -2.14. The summed E-state index contributed by atoms with van der Waals surface area (Å²) in [6, 6.07) is 9.44. The highest BCUT2D eigenvalue weighted by atomic mass is 16.3. The molecule has 1 aromatic heterocycles. The minimum Gasteiger partial charge on any atom is -0.392 e. The molecule has 5 nitrogen and oxygen atoms in total. The van der Waals surface area contributed by atoms with Crippen LogP contribution in [0.4, 0.5) is 0 Å². The molecule has 0 bridgehead atoms. The Morgan fingerprint density at radius 1 is 1.25 bits per heavy atom. The summed E-state index contributed by atoms with van der Waals surface area (Å²) in [5.41, 5.74) is 3.76. The largest absolute Gasteiger partial charge is 0.392 e. The summed E-state index contributed by atoms with van der Waals surface area (Å²) in [5, 5.41) is 16.1. The average molecular weight is 273 g/mol. The monoisotopic (exact) mass is 273 g/mol. The lowest BCUT2D eigenvalue weighted by Crippen LogP contribution is -2.27. The number of aromatic nitrogens is 2. The Morgan fingerprint density at radius 2 is 1.90 bits per heavy atom. The number of aliphatic hydroxyl groups is 1. The fourth-order valence-electron chi connectivity index (χ4n) is 1.99. The van der Waals surface area contributed by atoms with E-state index >= 15 is 0 Å². The summed E-state index contributed by atoms with van der Waals surface area (Å²) in [4.78, 5) is 11.9. The number of carbonyl (C=O) groups is 1. The predicted molar refractivity (Wildman–Crippen MR) is 75.9 cm³/mol. The van der Waals surface area contributed by atoms with E-state index in [0.717, 1.165) is 22.5 Å². The van der Waals surface area contributed by atoms with E-state index in [4.69, 9.17) is 5.11 Å². The van der Waals surface area contributed by atoms with Crippen molar-refractivity contribution in [2.75, 3.05) is 0 Å². The second kappa shape index (κ2) is 6.34. The van der Waals surface area contributed by atoms with E-state index in [2.05, 4.69) is 10.4 Å². The molecule has 2 rings (SSSR count). The second-order valence-corrected chi connectivity index (χ2v) is 4.84. The molecule has 2 aromatic rings. The van der Waals surface area contributed by atoms with Crippen molar-refractivity contribution in [1.29, 1.82) is 0 Å². The molecule has 2 N–H and O–H groups in total. The second-order valence-electron chi connectivity index (χ2n) is 4.84. The van der Waals surface area contributed by atoms with Gasteiger partial charge in [0.05, 0.1) is 12.3 Å². The van der Waals surface area contributed by atoms with Crippen LogP contribution >= 0.6 is 0 Å². The van der Waals surface area contributed by atoms with E-state index in [-0.39, 0.29) is 19.1 Å². The van der Waals surface area contributed by atoms with Gasteiger partial charge in [-0.1, -0.05) is 24.3 Å². The predicted octanol–water partition coefficient (Wildman–Crippen LogP) is 1.31. The summed E-state index contributed by atoms with van der Waals surface area (Å²) in [6.45, 7) is 4.58. The Morgan fingerprint density at radius 3 is 2.45 bits per heavy atom. The maximum Gasteiger partial charge on any atom is 0.242 e. The van der Waals surface area contributed by atoms with Crippen molar-refractivity contribution in [2.45, 2.75) is 33.5 Å². The minimum atomic E-state index is -0.0672. The maximum absolute atomic E-state index is 11.9. The van der Waals surface area contributed by atoms with Crippen molar-refractivity contribution in [1.82, 2.24) is 15.1 Å². The third kappa shape index (κ3) is 3.68. The number of hydrogen-bond donors (Lipinski definition) is 2. The normalized spacial score (nSPS) is 10.6. The van der Waals surface area contributed by atoms with Gasteiger partial charge >= 0.3 is 0 Å². The van der Waals surface area contributed by atoms with Gasteiger partial charge in [0.1, 0.15) is 6.54 Å². The van der Waals surface area contributed by atoms with Gasteiger partial charge in [-0.3, -0.25) is 9.48 Å². The Bertz CT molecular complexity index is 588. The molecule has 0 saturated carbocycles. The summed E-state index contributed by atoms with van der Waals surface area (Å²) in [5.74, 6) is -0.0672. The summed E-state index contributed by atoms with van der Waals surface area (Å²) < 4.78 is 1.69. The van der Waals surface area contributed by atoms with E-state index in [1.165, 1.54) is 0 Å². The van der Waals surface area contributed by atoms with Crippen molar-refractivity contribution in [3.8, 4) is 0 Å². The van der Waals surface area contributed by atoms with Gasteiger partial charge in [-0.05, 0) is 31.0 Å². The van der Waals surface area contributed by atoms with Crippen molar-refractivity contribution >= 4 is 5.91 Å². The number of benzene rings is 1. The van der Waals surface area contributed by atoms with Crippen molar-refractivity contribution in [3.63, 3.8) is 0 Å². The van der Waals surface area contributed by atoms with Crippen LogP contribution in [0.15, 0.2) is 30.3 Å². The third-order valence-corrected chi connectivity index (χ3v) is 3.09. The molecule has 0 atom stereocenters. The number of aliphatic hydroxyl groups excluding tert-OH is 1. The van der Waals surface area contributed by atoms with Gasteiger partial charge in [-0.25, -0.2) is 0 Å². The van der Waals surface area contributed by atoms with E-state index < -0.39 is 0 Å². The Labute approximate surface area is 118 Å². The molecule has 1 amide bonds. The molecule has 1 heterocycles. The summed E-state index contributed by atoms with van der Waals surface area (Å²) in [7, 11) is 0. The lowest BCUT2D eigenvalue weighted by molar-refractivity contribution is -0.122. The minimum absolute atomic E-state index is 0.0323. The maximum atomic E-state index is 11.9. The number of nitrogens with zero attached hydrogens (tertiary/aromatic N) is 2. The smallest absolute Gasteiger partial charge is 0.242 e. The van der Waals surface area contributed by atoms with Gasteiger partial charge in [-0.2, -0.15) is 5.10 Å². The fourth-order valence-corrected chi connectivity index (χ4v) is 1.99. The first kappa shape index (κ1) is 14.3. The van der Waals surface area contributed by atoms with Gasteiger partial charge in [0, 0.05) is 12.2 Å². The van der Waals surface area contributed by atoms with Crippen molar-refractivity contribution in [2.24, 2.45) is 0 Å². The quantitative estimate of drug-likeness (QED) is 0.863. The van der Waals surface area contributed by atoms with Crippen LogP contribution in [-0.2, 0) is 24.5 Å². The van der Waals surface area contributed by atoms with Crippen molar-refractivity contribution in [3.05, 3.63) is 52.8 Å². The van der Waals surface area contributed by atoms with Gasteiger partial charge < -0.3 is 10.4 Å². The molecular weight excluding hydrogens is 254 g/mol. The molecule has 0 radical (unpaired) electrons. The number of amides is 1. The van der Waals surface area contributed by atoms with E-state index in [0.29, 0.717) is 6.54 Å². The van der Waals surface area contributed by atoms with Gasteiger partial charge in [0.25, 0.3) is 0 Å². The molecule has 0 aliphatic carbocycles. The van der Waals surface area contributed by atoms with Crippen LogP contribution in [0.2, 0.25) is 0 Å². The molecule has 0 spiro atoms. The van der Waals surface area contributed by atoms with Crippen LogP contribution < -0.4 is 5.32 Å². The molecule has 0 unspecified atom stereocenters.